The molecular weight excluding hydrogens is 237 g/mol. The summed E-state index contributed by atoms with van der Waals surface area (Å²) in [7, 11) is 4.11. The average Bonchev–Trinajstić information content (AvgIpc) is 2.39. The Kier molecular flexibility index (Phi) is 4.69. The summed E-state index contributed by atoms with van der Waals surface area (Å²) in [5.74, 6) is -0.131. The summed E-state index contributed by atoms with van der Waals surface area (Å²) >= 11 is 0. The highest BCUT2D eigenvalue weighted by Gasteiger charge is 2.05. The second-order valence-corrected chi connectivity index (χ2v) is 5.09. The van der Waals surface area contributed by atoms with Crippen LogP contribution in [0.4, 0.5) is 4.39 Å². The first-order valence-corrected chi connectivity index (χ1v) is 6.65. The normalized spacial score (nSPS) is 10.9. The largest absolute Gasteiger partial charge is 0.309 e. The molecule has 19 heavy (non-hydrogen) atoms. The van der Waals surface area contributed by atoms with Crippen molar-refractivity contribution in [3.63, 3.8) is 0 Å². The minimum Gasteiger partial charge on any atom is -0.309 e. The van der Waals surface area contributed by atoms with Gasteiger partial charge in [-0.25, -0.2) is 4.39 Å². The lowest BCUT2D eigenvalue weighted by Crippen LogP contribution is -2.13. The van der Waals surface area contributed by atoms with Crippen molar-refractivity contribution in [2.24, 2.45) is 0 Å². The van der Waals surface area contributed by atoms with E-state index in [1.54, 1.807) is 6.07 Å². The van der Waals surface area contributed by atoms with E-state index in [1.807, 2.05) is 42.5 Å². The van der Waals surface area contributed by atoms with Gasteiger partial charge in [-0.05, 0) is 50.7 Å². The molecule has 0 saturated carbocycles. The molecule has 100 valence electrons. The highest BCUT2D eigenvalue weighted by molar-refractivity contribution is 5.64. The molecule has 0 atom stereocenters. The van der Waals surface area contributed by atoms with Crippen LogP contribution < -0.4 is 0 Å². The third-order valence-electron chi connectivity index (χ3n) is 3.19. The number of aryl methyl sites for hydroxylation is 1. The van der Waals surface area contributed by atoms with Gasteiger partial charge in [0.25, 0.3) is 0 Å². The third kappa shape index (κ3) is 3.90. The summed E-state index contributed by atoms with van der Waals surface area (Å²) in [5, 5.41) is 0. The number of nitrogens with zero attached hydrogens (tertiary/aromatic N) is 1. The minimum absolute atomic E-state index is 0.131. The molecule has 0 heterocycles. The van der Waals surface area contributed by atoms with Gasteiger partial charge in [-0.3, -0.25) is 0 Å². The van der Waals surface area contributed by atoms with Crippen molar-refractivity contribution >= 4 is 0 Å². The van der Waals surface area contributed by atoms with Crippen molar-refractivity contribution in [3.05, 3.63) is 59.9 Å². The van der Waals surface area contributed by atoms with Gasteiger partial charge < -0.3 is 4.90 Å². The minimum atomic E-state index is -0.131. The Morgan fingerprint density at radius 1 is 1.00 bits per heavy atom. The maximum Gasteiger partial charge on any atom is 0.131 e. The molecule has 0 aromatic heterocycles. The molecule has 0 aliphatic heterocycles. The van der Waals surface area contributed by atoms with E-state index in [1.165, 1.54) is 0 Å². The molecule has 2 heteroatoms. The average molecular weight is 257 g/mol. The van der Waals surface area contributed by atoms with Crippen LogP contribution in [0, 0.1) is 5.82 Å². The molecule has 2 aromatic carbocycles. The fourth-order valence-electron chi connectivity index (χ4n) is 2.17. The van der Waals surface area contributed by atoms with Crippen molar-refractivity contribution in [1.29, 1.82) is 0 Å². The summed E-state index contributed by atoms with van der Waals surface area (Å²) in [6, 6.07) is 15.2. The van der Waals surface area contributed by atoms with Crippen LogP contribution in [0.1, 0.15) is 12.0 Å². The number of rotatable bonds is 5. The van der Waals surface area contributed by atoms with Gasteiger partial charge in [0, 0.05) is 5.56 Å². The Bertz CT molecular complexity index is 520. The molecule has 0 radical (unpaired) electrons. The van der Waals surface area contributed by atoms with E-state index in [0.29, 0.717) is 5.56 Å². The van der Waals surface area contributed by atoms with Crippen molar-refractivity contribution in [3.8, 4) is 11.1 Å². The van der Waals surface area contributed by atoms with Crippen LogP contribution >= 0.6 is 0 Å². The van der Waals surface area contributed by atoms with E-state index >= 15 is 0 Å². The van der Waals surface area contributed by atoms with Crippen molar-refractivity contribution in [1.82, 2.24) is 4.90 Å². The molecule has 0 fully saturated rings. The first kappa shape index (κ1) is 13.8. The van der Waals surface area contributed by atoms with E-state index in [2.05, 4.69) is 19.0 Å². The van der Waals surface area contributed by atoms with Crippen molar-refractivity contribution in [2.75, 3.05) is 20.6 Å². The smallest absolute Gasteiger partial charge is 0.131 e. The fourth-order valence-corrected chi connectivity index (χ4v) is 2.17. The molecule has 2 rings (SSSR count). The molecule has 0 bridgehead atoms. The molecular formula is C17H20FN. The lowest BCUT2D eigenvalue weighted by atomic mass is 10.0. The standard InChI is InChI=1S/C17H20FN/c1-19(2)12-6-7-14-10-11-16(17(18)13-14)15-8-4-3-5-9-15/h3-5,8-11,13H,6-7,12H2,1-2H3. The summed E-state index contributed by atoms with van der Waals surface area (Å²) in [4.78, 5) is 2.15. The first-order valence-electron chi connectivity index (χ1n) is 6.65. The van der Waals surface area contributed by atoms with Gasteiger partial charge in [0.2, 0.25) is 0 Å². The van der Waals surface area contributed by atoms with Gasteiger partial charge in [-0.15, -0.1) is 0 Å². The molecule has 0 aliphatic rings. The van der Waals surface area contributed by atoms with Crippen molar-refractivity contribution < 1.29 is 4.39 Å². The zero-order valence-electron chi connectivity index (χ0n) is 11.6. The Balaban J connectivity index is 2.09. The summed E-state index contributed by atoms with van der Waals surface area (Å²) in [6.45, 7) is 1.03. The summed E-state index contributed by atoms with van der Waals surface area (Å²) in [5.41, 5.74) is 2.68. The van der Waals surface area contributed by atoms with E-state index in [9.17, 15) is 4.39 Å². The lowest BCUT2D eigenvalue weighted by molar-refractivity contribution is 0.400. The second kappa shape index (κ2) is 6.48. The SMILES string of the molecule is CN(C)CCCc1ccc(-c2ccccc2)c(F)c1. The Hall–Kier alpha value is -1.67. The van der Waals surface area contributed by atoms with Crippen molar-refractivity contribution in [2.45, 2.75) is 12.8 Å². The topological polar surface area (TPSA) is 3.24 Å². The van der Waals surface area contributed by atoms with E-state index < -0.39 is 0 Å². The molecule has 0 spiro atoms. The zero-order chi connectivity index (χ0) is 13.7. The lowest BCUT2D eigenvalue weighted by Gasteiger charge is -2.10. The second-order valence-electron chi connectivity index (χ2n) is 5.09. The predicted octanol–water partition coefficient (Wildman–Crippen LogP) is 3.99. The highest BCUT2D eigenvalue weighted by atomic mass is 19.1. The molecule has 1 nitrogen and oxygen atoms in total. The number of hydrogen-bond acceptors (Lipinski definition) is 1. The zero-order valence-corrected chi connectivity index (χ0v) is 11.6. The first-order chi connectivity index (χ1) is 9.16. The predicted molar refractivity (Wildman–Crippen MR) is 78.7 cm³/mol. The van der Waals surface area contributed by atoms with E-state index in [4.69, 9.17) is 0 Å². The van der Waals surface area contributed by atoms with Gasteiger partial charge in [0.05, 0.1) is 0 Å². The Morgan fingerprint density at radius 2 is 1.74 bits per heavy atom. The maximum absolute atomic E-state index is 14.1. The monoisotopic (exact) mass is 257 g/mol. The highest BCUT2D eigenvalue weighted by Crippen LogP contribution is 2.23. The quantitative estimate of drug-likeness (QED) is 0.783. The third-order valence-corrected chi connectivity index (χ3v) is 3.19. The summed E-state index contributed by atoms with van der Waals surface area (Å²) < 4.78 is 14.1. The molecule has 0 unspecified atom stereocenters. The van der Waals surface area contributed by atoms with Crippen LogP contribution in [0.25, 0.3) is 11.1 Å². The Morgan fingerprint density at radius 3 is 2.37 bits per heavy atom. The molecule has 0 saturated heterocycles. The van der Waals surface area contributed by atoms with E-state index in [0.717, 1.165) is 30.5 Å². The van der Waals surface area contributed by atoms with Gasteiger partial charge in [0.15, 0.2) is 0 Å². The van der Waals surface area contributed by atoms with Crippen LogP contribution in [0.3, 0.4) is 0 Å². The molecule has 0 amide bonds. The molecule has 2 aromatic rings. The molecule has 0 aliphatic carbocycles. The van der Waals surface area contributed by atoms with Gasteiger partial charge >= 0.3 is 0 Å². The van der Waals surface area contributed by atoms with Gasteiger partial charge in [-0.1, -0.05) is 42.5 Å². The van der Waals surface area contributed by atoms with Crippen LogP contribution in [0.15, 0.2) is 48.5 Å². The van der Waals surface area contributed by atoms with Gasteiger partial charge in [-0.2, -0.15) is 0 Å². The molecule has 0 N–H and O–H groups in total. The number of hydrogen-bond donors (Lipinski definition) is 0. The van der Waals surface area contributed by atoms with Crippen LogP contribution in [0.5, 0.6) is 0 Å². The van der Waals surface area contributed by atoms with E-state index in [-0.39, 0.29) is 5.82 Å². The number of halogens is 1. The summed E-state index contributed by atoms with van der Waals surface area (Å²) in [6.07, 6.45) is 1.97. The van der Waals surface area contributed by atoms with Crippen LogP contribution in [0.2, 0.25) is 0 Å². The van der Waals surface area contributed by atoms with Crippen LogP contribution in [-0.2, 0) is 6.42 Å². The van der Waals surface area contributed by atoms with Gasteiger partial charge in [0.1, 0.15) is 5.82 Å². The number of benzene rings is 2. The fraction of sp³-hybridized carbons (Fsp3) is 0.294. The Labute approximate surface area is 114 Å². The van der Waals surface area contributed by atoms with Crippen LogP contribution in [-0.4, -0.2) is 25.5 Å². The maximum atomic E-state index is 14.1.